The highest BCUT2D eigenvalue weighted by Crippen LogP contribution is 2.25. The minimum Gasteiger partial charge on any atom is -0.369 e. The molecule has 0 bridgehead atoms. The average Bonchev–Trinajstić information content (AvgIpc) is 2.78. The van der Waals surface area contributed by atoms with Gasteiger partial charge >= 0.3 is 6.03 Å². The number of carbonyl (C=O) groups is 2. The molecule has 3 aromatic carbocycles. The lowest BCUT2D eigenvalue weighted by molar-refractivity contribution is -0.115. The number of halogens is 1. The van der Waals surface area contributed by atoms with E-state index in [-0.39, 0.29) is 24.8 Å². The van der Waals surface area contributed by atoms with Crippen LogP contribution < -0.4 is 20.9 Å². The van der Waals surface area contributed by atoms with Gasteiger partial charge in [-0.1, -0.05) is 54.6 Å². The summed E-state index contributed by atoms with van der Waals surface area (Å²) in [6, 6.07) is 22.9. The summed E-state index contributed by atoms with van der Waals surface area (Å²) >= 11 is 0. The molecule has 3 N–H and O–H groups in total. The quantitative estimate of drug-likeness (QED) is 0.518. The Hall–Kier alpha value is -3.87. The van der Waals surface area contributed by atoms with Gasteiger partial charge in [-0.3, -0.25) is 4.79 Å². The van der Waals surface area contributed by atoms with Crippen LogP contribution in [-0.4, -0.2) is 25.5 Å². The highest BCUT2D eigenvalue weighted by molar-refractivity contribution is 5.97. The van der Waals surface area contributed by atoms with Gasteiger partial charge in [0.25, 0.3) is 0 Å². The van der Waals surface area contributed by atoms with Gasteiger partial charge in [0.15, 0.2) is 0 Å². The van der Waals surface area contributed by atoms with E-state index >= 15 is 0 Å². The molecule has 0 unspecified atom stereocenters. The van der Waals surface area contributed by atoms with Gasteiger partial charge in [-0.05, 0) is 35.4 Å². The van der Waals surface area contributed by atoms with Gasteiger partial charge in [0.05, 0.1) is 17.9 Å². The zero-order valence-electron chi connectivity index (χ0n) is 17.3. The van der Waals surface area contributed by atoms with Crippen LogP contribution in [0.4, 0.5) is 20.6 Å². The first-order valence-electron chi connectivity index (χ1n) is 9.91. The van der Waals surface area contributed by atoms with Crippen LogP contribution in [0, 0.1) is 5.82 Å². The molecular formula is C24H25FN4O2. The minimum absolute atomic E-state index is 0.175. The van der Waals surface area contributed by atoms with E-state index in [0.29, 0.717) is 12.2 Å². The lowest BCUT2D eigenvalue weighted by atomic mass is 10.2. The Kier molecular flexibility index (Phi) is 7.59. The third-order valence-corrected chi connectivity index (χ3v) is 4.63. The van der Waals surface area contributed by atoms with Gasteiger partial charge in [-0.2, -0.15) is 0 Å². The highest BCUT2D eigenvalue weighted by Gasteiger charge is 2.11. The number of hydrogen-bond donors (Lipinski definition) is 3. The third-order valence-electron chi connectivity index (χ3n) is 4.63. The fraction of sp³-hybridized carbons (Fsp3) is 0.167. The van der Waals surface area contributed by atoms with Crippen molar-refractivity contribution in [3.8, 4) is 0 Å². The second-order valence-corrected chi connectivity index (χ2v) is 7.07. The molecule has 0 radical (unpaired) electrons. The van der Waals surface area contributed by atoms with Crippen molar-refractivity contribution in [3.05, 3.63) is 95.8 Å². The average molecular weight is 420 g/mol. The number of para-hydroxylation sites is 2. The van der Waals surface area contributed by atoms with Crippen LogP contribution in [0.25, 0.3) is 0 Å². The molecule has 6 nitrogen and oxygen atoms in total. The molecule has 0 fully saturated rings. The molecular weight excluding hydrogens is 395 g/mol. The van der Waals surface area contributed by atoms with E-state index in [4.69, 9.17) is 0 Å². The van der Waals surface area contributed by atoms with Crippen LogP contribution in [0.15, 0.2) is 78.9 Å². The summed E-state index contributed by atoms with van der Waals surface area (Å²) in [5, 5.41) is 8.00. The van der Waals surface area contributed by atoms with Gasteiger partial charge in [-0.25, -0.2) is 9.18 Å². The van der Waals surface area contributed by atoms with Crippen molar-refractivity contribution in [2.75, 3.05) is 23.8 Å². The summed E-state index contributed by atoms with van der Waals surface area (Å²) in [7, 11) is 1.96. The molecule has 0 aliphatic heterocycles. The van der Waals surface area contributed by atoms with Gasteiger partial charge < -0.3 is 20.9 Å². The van der Waals surface area contributed by atoms with E-state index in [1.165, 1.54) is 12.1 Å². The number of rotatable bonds is 8. The Balaban J connectivity index is 1.50. The maximum atomic E-state index is 12.9. The number of anilines is 2. The second kappa shape index (κ2) is 10.8. The summed E-state index contributed by atoms with van der Waals surface area (Å²) in [6.07, 6.45) is 0. The number of amides is 3. The van der Waals surface area contributed by atoms with Gasteiger partial charge in [0.1, 0.15) is 5.82 Å². The standard InChI is InChI=1S/C24H25FN4O2/c1-29(17-19-7-3-2-4-8-19)22-10-6-5-9-21(22)28-23(30)16-27-24(31)26-15-18-11-13-20(25)14-12-18/h2-14H,15-17H2,1H3,(H,28,30)(H2,26,27,31). The van der Waals surface area contributed by atoms with E-state index in [9.17, 15) is 14.0 Å². The summed E-state index contributed by atoms with van der Waals surface area (Å²) in [4.78, 5) is 26.3. The summed E-state index contributed by atoms with van der Waals surface area (Å²) in [5.74, 6) is -0.669. The molecule has 3 rings (SSSR count). The first kappa shape index (κ1) is 21.8. The van der Waals surface area contributed by atoms with Crippen LogP contribution >= 0.6 is 0 Å². The first-order valence-corrected chi connectivity index (χ1v) is 9.91. The number of hydrogen-bond acceptors (Lipinski definition) is 3. The fourth-order valence-electron chi connectivity index (χ4n) is 3.06. The monoisotopic (exact) mass is 420 g/mol. The Morgan fingerprint density at radius 2 is 1.52 bits per heavy atom. The molecule has 3 amide bonds. The van der Waals surface area contributed by atoms with Crippen LogP contribution in [0.5, 0.6) is 0 Å². The molecule has 160 valence electrons. The molecule has 0 aromatic heterocycles. The van der Waals surface area contributed by atoms with Crippen molar-refractivity contribution in [1.82, 2.24) is 10.6 Å². The van der Waals surface area contributed by atoms with Crippen molar-refractivity contribution in [1.29, 1.82) is 0 Å². The maximum Gasteiger partial charge on any atom is 0.315 e. The number of nitrogens with one attached hydrogen (secondary N) is 3. The summed E-state index contributed by atoms with van der Waals surface area (Å²) in [6.45, 7) is 0.755. The number of benzene rings is 3. The number of urea groups is 1. The molecule has 0 aliphatic carbocycles. The van der Waals surface area contributed by atoms with E-state index in [0.717, 1.165) is 16.8 Å². The first-order chi connectivity index (χ1) is 15.0. The maximum absolute atomic E-state index is 12.9. The summed E-state index contributed by atoms with van der Waals surface area (Å²) < 4.78 is 12.9. The molecule has 0 atom stereocenters. The molecule has 0 aliphatic rings. The van der Waals surface area contributed by atoms with Crippen LogP contribution in [0.2, 0.25) is 0 Å². The minimum atomic E-state index is -0.478. The van der Waals surface area contributed by atoms with E-state index in [1.807, 2.05) is 66.5 Å². The Morgan fingerprint density at radius 1 is 0.839 bits per heavy atom. The number of nitrogens with zero attached hydrogens (tertiary/aromatic N) is 1. The Bertz CT molecular complexity index is 1010. The SMILES string of the molecule is CN(Cc1ccccc1)c1ccccc1NC(=O)CNC(=O)NCc1ccc(F)cc1. The van der Waals surface area contributed by atoms with Crippen LogP contribution in [-0.2, 0) is 17.9 Å². The van der Waals surface area contributed by atoms with Gasteiger partial charge in [-0.15, -0.1) is 0 Å². The third kappa shape index (κ3) is 6.85. The topological polar surface area (TPSA) is 73.5 Å². The molecule has 31 heavy (non-hydrogen) atoms. The van der Waals surface area contributed by atoms with Gasteiger partial charge in [0.2, 0.25) is 5.91 Å². The number of carbonyl (C=O) groups excluding carboxylic acids is 2. The zero-order chi connectivity index (χ0) is 22.1. The predicted molar refractivity (Wildman–Crippen MR) is 120 cm³/mol. The Labute approximate surface area is 181 Å². The molecule has 0 saturated carbocycles. The van der Waals surface area contributed by atoms with E-state index < -0.39 is 6.03 Å². The fourth-order valence-corrected chi connectivity index (χ4v) is 3.06. The van der Waals surface area contributed by atoms with E-state index in [2.05, 4.69) is 16.0 Å². The van der Waals surface area contributed by atoms with Crippen molar-refractivity contribution in [3.63, 3.8) is 0 Å². The Morgan fingerprint density at radius 3 is 2.26 bits per heavy atom. The molecule has 0 saturated heterocycles. The lowest BCUT2D eigenvalue weighted by Gasteiger charge is -2.23. The molecule has 0 heterocycles. The normalized spacial score (nSPS) is 10.3. The van der Waals surface area contributed by atoms with Crippen LogP contribution in [0.1, 0.15) is 11.1 Å². The summed E-state index contributed by atoms with van der Waals surface area (Å²) in [5.41, 5.74) is 3.46. The molecule has 7 heteroatoms. The van der Waals surface area contributed by atoms with Crippen LogP contribution in [0.3, 0.4) is 0 Å². The van der Waals surface area contributed by atoms with Gasteiger partial charge in [0, 0.05) is 20.1 Å². The predicted octanol–water partition coefficient (Wildman–Crippen LogP) is 3.90. The lowest BCUT2D eigenvalue weighted by Crippen LogP contribution is -2.39. The van der Waals surface area contributed by atoms with Crippen molar-refractivity contribution in [2.24, 2.45) is 0 Å². The molecule has 0 spiro atoms. The van der Waals surface area contributed by atoms with E-state index in [1.54, 1.807) is 12.1 Å². The highest BCUT2D eigenvalue weighted by atomic mass is 19.1. The van der Waals surface area contributed by atoms with Crippen molar-refractivity contribution in [2.45, 2.75) is 13.1 Å². The molecule has 3 aromatic rings. The van der Waals surface area contributed by atoms with Crippen molar-refractivity contribution < 1.29 is 14.0 Å². The zero-order valence-corrected chi connectivity index (χ0v) is 17.3. The van der Waals surface area contributed by atoms with Crippen molar-refractivity contribution >= 4 is 23.3 Å². The smallest absolute Gasteiger partial charge is 0.315 e. The largest absolute Gasteiger partial charge is 0.369 e. The second-order valence-electron chi connectivity index (χ2n) is 7.07.